The molecule has 1 amide bonds. The van der Waals surface area contributed by atoms with E-state index >= 15 is 0 Å². The molecule has 23 heavy (non-hydrogen) atoms. The molecule has 1 aliphatic heterocycles. The molecule has 0 saturated carbocycles. The SMILES string of the molecule is Cl.Cl.N[C@@H](Cc1cnc[nH]1)C(=O)N1CCc2ccccc2CC1. The lowest BCUT2D eigenvalue weighted by Crippen LogP contribution is -2.46. The number of carbonyl (C=O) groups is 1. The normalized spacial score (nSPS) is 14.7. The third-order valence-electron chi connectivity index (χ3n) is 4.04. The van der Waals surface area contributed by atoms with Crippen LogP contribution in [0.2, 0.25) is 0 Å². The molecule has 1 aromatic carbocycles. The molecule has 0 unspecified atom stereocenters. The van der Waals surface area contributed by atoms with Gasteiger partial charge in [0.15, 0.2) is 0 Å². The maximum atomic E-state index is 12.5. The monoisotopic (exact) mass is 356 g/mol. The Bertz CT molecular complexity index is 591. The zero-order chi connectivity index (χ0) is 14.7. The first-order chi connectivity index (χ1) is 10.2. The fourth-order valence-corrected chi connectivity index (χ4v) is 2.84. The van der Waals surface area contributed by atoms with Gasteiger partial charge in [-0.3, -0.25) is 4.79 Å². The van der Waals surface area contributed by atoms with E-state index in [4.69, 9.17) is 5.73 Å². The van der Waals surface area contributed by atoms with E-state index in [1.807, 2.05) is 4.90 Å². The first-order valence-electron chi connectivity index (χ1n) is 7.32. The second-order valence-corrected chi connectivity index (χ2v) is 5.48. The summed E-state index contributed by atoms with van der Waals surface area (Å²) in [6, 6.07) is 7.90. The van der Waals surface area contributed by atoms with Crippen molar-refractivity contribution in [2.75, 3.05) is 13.1 Å². The molecule has 0 bridgehead atoms. The average Bonchev–Trinajstić information content (AvgIpc) is 2.91. The zero-order valence-electron chi connectivity index (χ0n) is 12.8. The van der Waals surface area contributed by atoms with Crippen molar-refractivity contribution in [3.63, 3.8) is 0 Å². The second kappa shape index (κ2) is 8.91. The summed E-state index contributed by atoms with van der Waals surface area (Å²) in [5.41, 5.74) is 9.64. The van der Waals surface area contributed by atoms with Crippen molar-refractivity contribution in [3.05, 3.63) is 53.6 Å². The highest BCUT2D eigenvalue weighted by molar-refractivity contribution is 5.85. The van der Waals surface area contributed by atoms with Gasteiger partial charge in [-0.15, -0.1) is 24.8 Å². The van der Waals surface area contributed by atoms with Crippen LogP contribution in [0, 0.1) is 0 Å². The lowest BCUT2D eigenvalue weighted by molar-refractivity contribution is -0.132. The molecule has 3 N–H and O–H groups in total. The minimum atomic E-state index is -0.508. The number of carbonyl (C=O) groups excluding carboxylic acids is 1. The number of fused-ring (bicyclic) bond motifs is 1. The molecular formula is C16H22Cl2N4O. The van der Waals surface area contributed by atoms with E-state index in [1.54, 1.807) is 12.5 Å². The number of imidazole rings is 1. The summed E-state index contributed by atoms with van der Waals surface area (Å²) in [6.45, 7) is 1.49. The summed E-state index contributed by atoms with van der Waals surface area (Å²) in [5, 5.41) is 0. The van der Waals surface area contributed by atoms with Gasteiger partial charge in [0, 0.05) is 31.4 Å². The van der Waals surface area contributed by atoms with Crippen molar-refractivity contribution in [2.45, 2.75) is 25.3 Å². The fraction of sp³-hybridized carbons (Fsp3) is 0.375. The van der Waals surface area contributed by atoms with Crippen LogP contribution < -0.4 is 5.73 Å². The molecule has 3 rings (SSSR count). The summed E-state index contributed by atoms with van der Waals surface area (Å²) in [7, 11) is 0. The number of aromatic amines is 1. The van der Waals surface area contributed by atoms with Crippen LogP contribution in [0.15, 0.2) is 36.8 Å². The molecule has 126 valence electrons. The Labute approximate surface area is 148 Å². The molecule has 0 saturated heterocycles. The Morgan fingerprint density at radius 1 is 1.22 bits per heavy atom. The molecule has 1 atom stereocenters. The smallest absolute Gasteiger partial charge is 0.239 e. The number of nitrogens with zero attached hydrogens (tertiary/aromatic N) is 2. The number of amides is 1. The molecule has 7 heteroatoms. The molecule has 0 fully saturated rings. The fourth-order valence-electron chi connectivity index (χ4n) is 2.84. The largest absolute Gasteiger partial charge is 0.348 e. The number of nitrogens with two attached hydrogens (primary N) is 1. The van der Waals surface area contributed by atoms with E-state index in [-0.39, 0.29) is 30.7 Å². The van der Waals surface area contributed by atoms with E-state index in [2.05, 4.69) is 34.2 Å². The third-order valence-corrected chi connectivity index (χ3v) is 4.04. The van der Waals surface area contributed by atoms with Crippen molar-refractivity contribution in [1.29, 1.82) is 0 Å². The molecule has 5 nitrogen and oxygen atoms in total. The van der Waals surface area contributed by atoms with Gasteiger partial charge in [-0.2, -0.15) is 0 Å². The standard InChI is InChI=1S/C16H20N4O.2ClH/c17-15(9-14-10-18-11-19-14)16(21)20-7-5-12-3-1-2-4-13(12)6-8-20;;/h1-4,10-11,15H,5-9,17H2,(H,18,19);2*1H/t15-;;/m0../s1. The van der Waals surface area contributed by atoms with Crippen LogP contribution in [0.4, 0.5) is 0 Å². The average molecular weight is 357 g/mol. The van der Waals surface area contributed by atoms with E-state index in [0.29, 0.717) is 6.42 Å². The predicted molar refractivity (Wildman–Crippen MR) is 95.2 cm³/mol. The number of rotatable bonds is 3. The lowest BCUT2D eigenvalue weighted by Gasteiger charge is -2.23. The third kappa shape index (κ3) is 4.70. The Balaban J connectivity index is 0.00000132. The highest BCUT2D eigenvalue weighted by Crippen LogP contribution is 2.16. The Morgan fingerprint density at radius 3 is 2.35 bits per heavy atom. The van der Waals surface area contributed by atoms with Crippen LogP contribution in [-0.4, -0.2) is 39.9 Å². The maximum absolute atomic E-state index is 12.5. The van der Waals surface area contributed by atoms with Crippen molar-refractivity contribution in [3.8, 4) is 0 Å². The van der Waals surface area contributed by atoms with E-state index in [0.717, 1.165) is 31.6 Å². The summed E-state index contributed by atoms with van der Waals surface area (Å²) in [6.07, 6.45) is 5.63. The number of H-pyrrole nitrogens is 1. The summed E-state index contributed by atoms with van der Waals surface area (Å²) in [5.74, 6) is 0.0254. The summed E-state index contributed by atoms with van der Waals surface area (Å²) < 4.78 is 0. The van der Waals surface area contributed by atoms with Crippen molar-refractivity contribution >= 4 is 30.7 Å². The number of aromatic nitrogens is 2. The Kier molecular flexibility index (Phi) is 7.55. The molecule has 2 aromatic rings. The maximum Gasteiger partial charge on any atom is 0.239 e. The first kappa shape index (κ1) is 19.5. The van der Waals surface area contributed by atoms with Crippen LogP contribution in [0.1, 0.15) is 16.8 Å². The van der Waals surface area contributed by atoms with E-state index in [9.17, 15) is 4.79 Å². The number of hydrogen-bond donors (Lipinski definition) is 2. The number of benzene rings is 1. The Morgan fingerprint density at radius 2 is 1.83 bits per heavy atom. The molecular weight excluding hydrogens is 335 g/mol. The van der Waals surface area contributed by atoms with Gasteiger partial charge in [-0.25, -0.2) is 4.98 Å². The van der Waals surface area contributed by atoms with Crippen LogP contribution in [0.25, 0.3) is 0 Å². The van der Waals surface area contributed by atoms with Crippen LogP contribution in [0.5, 0.6) is 0 Å². The van der Waals surface area contributed by atoms with Gasteiger partial charge in [0.25, 0.3) is 0 Å². The van der Waals surface area contributed by atoms with Crippen LogP contribution in [-0.2, 0) is 24.1 Å². The minimum Gasteiger partial charge on any atom is -0.348 e. The van der Waals surface area contributed by atoms with Crippen molar-refractivity contribution < 1.29 is 4.79 Å². The molecule has 2 heterocycles. The van der Waals surface area contributed by atoms with Gasteiger partial charge in [0.1, 0.15) is 0 Å². The van der Waals surface area contributed by atoms with E-state index < -0.39 is 6.04 Å². The zero-order valence-corrected chi connectivity index (χ0v) is 14.4. The quantitative estimate of drug-likeness (QED) is 0.879. The van der Waals surface area contributed by atoms with Crippen LogP contribution in [0.3, 0.4) is 0 Å². The molecule has 1 aromatic heterocycles. The second-order valence-electron chi connectivity index (χ2n) is 5.48. The van der Waals surface area contributed by atoms with Crippen LogP contribution >= 0.6 is 24.8 Å². The first-order valence-corrected chi connectivity index (χ1v) is 7.32. The van der Waals surface area contributed by atoms with Gasteiger partial charge in [0.2, 0.25) is 5.91 Å². The minimum absolute atomic E-state index is 0. The summed E-state index contributed by atoms with van der Waals surface area (Å²) in [4.78, 5) is 21.3. The van der Waals surface area contributed by atoms with Crippen molar-refractivity contribution in [2.24, 2.45) is 5.73 Å². The number of halogens is 2. The van der Waals surface area contributed by atoms with E-state index in [1.165, 1.54) is 11.1 Å². The van der Waals surface area contributed by atoms with Crippen molar-refractivity contribution in [1.82, 2.24) is 14.9 Å². The molecule has 0 aliphatic carbocycles. The highest BCUT2D eigenvalue weighted by Gasteiger charge is 2.23. The number of nitrogens with one attached hydrogen (secondary N) is 1. The van der Waals surface area contributed by atoms with Gasteiger partial charge >= 0.3 is 0 Å². The summed E-state index contributed by atoms with van der Waals surface area (Å²) >= 11 is 0. The number of hydrogen-bond acceptors (Lipinski definition) is 3. The molecule has 0 radical (unpaired) electrons. The molecule has 1 aliphatic rings. The topological polar surface area (TPSA) is 75.0 Å². The molecule has 0 spiro atoms. The highest BCUT2D eigenvalue weighted by atomic mass is 35.5. The predicted octanol–water partition coefficient (Wildman–Crippen LogP) is 1.75. The van der Waals surface area contributed by atoms with Gasteiger partial charge in [-0.05, 0) is 24.0 Å². The Hall–Kier alpha value is -1.56. The van der Waals surface area contributed by atoms with Gasteiger partial charge in [0.05, 0.1) is 12.4 Å². The lowest BCUT2D eigenvalue weighted by atomic mass is 10.0. The van der Waals surface area contributed by atoms with Gasteiger partial charge in [-0.1, -0.05) is 24.3 Å². The van der Waals surface area contributed by atoms with Gasteiger partial charge < -0.3 is 15.6 Å².